The van der Waals surface area contributed by atoms with E-state index in [4.69, 9.17) is 16.3 Å². The highest BCUT2D eigenvalue weighted by molar-refractivity contribution is 6.32. The summed E-state index contributed by atoms with van der Waals surface area (Å²) in [7, 11) is 0. The molecule has 0 aliphatic carbocycles. The summed E-state index contributed by atoms with van der Waals surface area (Å²) in [6.07, 6.45) is 3.85. The summed E-state index contributed by atoms with van der Waals surface area (Å²) in [5.74, 6) is -0.467. The number of piperazine rings is 1. The Morgan fingerprint density at radius 2 is 2.00 bits per heavy atom. The molecule has 0 spiro atoms. The number of benzene rings is 2. The van der Waals surface area contributed by atoms with Crippen LogP contribution in [0.4, 0.5) is 10.1 Å². The molecule has 10 heteroatoms. The van der Waals surface area contributed by atoms with Crippen LogP contribution < -0.4 is 15.4 Å². The van der Waals surface area contributed by atoms with Gasteiger partial charge in [0.1, 0.15) is 17.6 Å². The van der Waals surface area contributed by atoms with Gasteiger partial charge in [-0.05, 0) is 56.2 Å². The number of halogens is 2. The zero-order chi connectivity index (χ0) is 27.2. The van der Waals surface area contributed by atoms with Crippen LogP contribution >= 0.6 is 11.6 Å². The first-order valence-corrected chi connectivity index (χ1v) is 13.1. The highest BCUT2D eigenvalue weighted by Gasteiger charge is 2.28. The first-order valence-electron chi connectivity index (χ1n) is 12.8. The average molecular weight is 543 g/mol. The van der Waals surface area contributed by atoms with Crippen LogP contribution in [-0.4, -0.2) is 65.8 Å². The molecule has 2 unspecified atom stereocenters. The van der Waals surface area contributed by atoms with Crippen LogP contribution in [0.3, 0.4) is 0 Å². The van der Waals surface area contributed by atoms with E-state index >= 15 is 0 Å². The Balaban J connectivity index is 1.44. The first kappa shape index (κ1) is 27.6. The maximum absolute atomic E-state index is 13.2. The molecule has 2 fully saturated rings. The summed E-state index contributed by atoms with van der Waals surface area (Å²) in [6.45, 7) is 6.89. The number of hydrogen-bond acceptors (Lipinski definition) is 5. The Morgan fingerprint density at radius 1 is 1.24 bits per heavy atom. The van der Waals surface area contributed by atoms with Crippen LogP contribution in [0.2, 0.25) is 5.02 Å². The molecule has 8 nitrogen and oxygen atoms in total. The zero-order valence-corrected chi connectivity index (χ0v) is 22.3. The van der Waals surface area contributed by atoms with Gasteiger partial charge in [0.2, 0.25) is 17.7 Å². The number of carbonyl (C=O) groups is 3. The molecule has 202 valence electrons. The lowest BCUT2D eigenvalue weighted by molar-refractivity contribution is -0.130. The Labute approximate surface area is 226 Å². The minimum atomic E-state index is -0.613. The molecule has 2 heterocycles. The van der Waals surface area contributed by atoms with Crippen molar-refractivity contribution in [3.05, 3.63) is 64.4 Å². The summed E-state index contributed by atoms with van der Waals surface area (Å²) in [6, 6.07) is 9.11. The van der Waals surface area contributed by atoms with Crippen LogP contribution in [-0.2, 0) is 20.9 Å². The summed E-state index contributed by atoms with van der Waals surface area (Å²) < 4.78 is 18.8. The summed E-state index contributed by atoms with van der Waals surface area (Å²) in [4.78, 5) is 41.4. The molecule has 38 heavy (non-hydrogen) atoms. The van der Waals surface area contributed by atoms with Crippen molar-refractivity contribution in [2.75, 3.05) is 31.6 Å². The zero-order valence-electron chi connectivity index (χ0n) is 21.5. The van der Waals surface area contributed by atoms with Crippen LogP contribution in [0.25, 0.3) is 6.08 Å². The number of rotatable bonds is 8. The van der Waals surface area contributed by atoms with Crippen LogP contribution in [0.1, 0.15) is 37.8 Å². The Hall–Kier alpha value is -3.43. The van der Waals surface area contributed by atoms with E-state index in [1.54, 1.807) is 30.3 Å². The van der Waals surface area contributed by atoms with Crippen LogP contribution in [0.5, 0.6) is 5.75 Å². The van der Waals surface area contributed by atoms with Gasteiger partial charge in [-0.15, -0.1) is 0 Å². The molecule has 2 aromatic carbocycles. The number of hydrogen-bond donors (Lipinski definition) is 2. The van der Waals surface area contributed by atoms with Crippen LogP contribution in [0, 0.1) is 5.82 Å². The van der Waals surface area contributed by atoms with Gasteiger partial charge in [-0.3, -0.25) is 19.3 Å². The molecular weight excluding hydrogens is 511 g/mol. The summed E-state index contributed by atoms with van der Waals surface area (Å²) >= 11 is 6.36. The van der Waals surface area contributed by atoms with E-state index < -0.39 is 6.04 Å². The van der Waals surface area contributed by atoms with Gasteiger partial charge in [0.15, 0.2) is 0 Å². The van der Waals surface area contributed by atoms with Gasteiger partial charge in [0, 0.05) is 56.0 Å². The lowest BCUT2D eigenvalue weighted by Crippen LogP contribution is -2.53. The van der Waals surface area contributed by atoms with Gasteiger partial charge in [0.25, 0.3) is 0 Å². The van der Waals surface area contributed by atoms with Crippen molar-refractivity contribution in [3.63, 3.8) is 0 Å². The van der Waals surface area contributed by atoms with Crippen molar-refractivity contribution in [3.8, 4) is 5.75 Å². The lowest BCUT2D eigenvalue weighted by Gasteiger charge is -2.39. The minimum absolute atomic E-state index is 0.0179. The molecule has 0 bridgehead atoms. The molecule has 2 atom stereocenters. The van der Waals surface area contributed by atoms with Crippen molar-refractivity contribution in [2.45, 2.75) is 45.3 Å². The van der Waals surface area contributed by atoms with Gasteiger partial charge in [0.05, 0.1) is 11.6 Å². The predicted octanol–water partition coefficient (Wildman–Crippen LogP) is 3.84. The van der Waals surface area contributed by atoms with Crippen molar-refractivity contribution in [1.82, 2.24) is 15.1 Å². The molecule has 0 radical (unpaired) electrons. The molecule has 2 aliphatic rings. The highest BCUT2D eigenvalue weighted by atomic mass is 35.5. The van der Waals surface area contributed by atoms with E-state index in [9.17, 15) is 18.8 Å². The number of ether oxygens (including phenoxy) is 1. The second-order valence-corrected chi connectivity index (χ2v) is 9.93. The van der Waals surface area contributed by atoms with E-state index in [0.717, 1.165) is 5.56 Å². The largest absolute Gasteiger partial charge is 0.492 e. The number of nitrogens with one attached hydrogen (secondary N) is 2. The fourth-order valence-corrected chi connectivity index (χ4v) is 4.94. The van der Waals surface area contributed by atoms with Crippen molar-refractivity contribution in [1.29, 1.82) is 0 Å². The third kappa shape index (κ3) is 6.90. The Bertz CT molecular complexity index is 1220. The first-order chi connectivity index (χ1) is 18.2. The summed E-state index contributed by atoms with van der Waals surface area (Å²) in [5, 5.41) is 5.80. The molecule has 3 amide bonds. The molecule has 0 aromatic heterocycles. The molecule has 2 aromatic rings. The minimum Gasteiger partial charge on any atom is -0.492 e. The predicted molar refractivity (Wildman–Crippen MR) is 144 cm³/mol. The standard InChI is InChI=1S/C28H32ClFN4O4/c1-3-38-25-14-20(24(15-22(25)29)32-28(37)23-9-10-26(35)31-23)6-11-27(36)34-13-12-33(16-18(34)2)17-19-4-7-21(30)8-5-19/h4-8,11,14-15,18,23H,3,9-10,12-13,16-17H2,1-2H3,(H,31,35)(H,32,37). The van der Waals surface area contributed by atoms with Crippen molar-refractivity contribution < 1.29 is 23.5 Å². The number of anilines is 1. The van der Waals surface area contributed by atoms with E-state index in [1.807, 2.05) is 18.7 Å². The van der Waals surface area contributed by atoms with E-state index in [2.05, 4.69) is 15.5 Å². The second-order valence-electron chi connectivity index (χ2n) is 9.53. The number of amides is 3. The molecule has 4 rings (SSSR count). The number of carbonyl (C=O) groups excluding carboxylic acids is 3. The van der Waals surface area contributed by atoms with Gasteiger partial charge in [-0.25, -0.2) is 4.39 Å². The topological polar surface area (TPSA) is 91.0 Å². The normalized spacial score (nSPS) is 20.0. The smallest absolute Gasteiger partial charge is 0.246 e. The monoisotopic (exact) mass is 542 g/mol. The maximum Gasteiger partial charge on any atom is 0.246 e. The SMILES string of the molecule is CCOc1cc(C=CC(=O)N2CCN(Cc3ccc(F)cc3)CC2C)c(NC(=O)C2CCC(=O)N2)cc1Cl. The molecular formula is C28H32ClFN4O4. The molecule has 0 saturated carbocycles. The van der Waals surface area contributed by atoms with Gasteiger partial charge >= 0.3 is 0 Å². The molecule has 2 saturated heterocycles. The Morgan fingerprint density at radius 3 is 2.66 bits per heavy atom. The average Bonchev–Trinajstić information content (AvgIpc) is 3.32. The second kappa shape index (κ2) is 12.4. The van der Waals surface area contributed by atoms with E-state index in [1.165, 1.54) is 18.2 Å². The third-order valence-electron chi connectivity index (χ3n) is 6.69. The molecule has 2 N–H and O–H groups in total. The fraction of sp³-hybridized carbons (Fsp3) is 0.393. The van der Waals surface area contributed by atoms with Crippen molar-refractivity contribution in [2.24, 2.45) is 0 Å². The van der Waals surface area contributed by atoms with E-state index in [0.29, 0.717) is 67.7 Å². The van der Waals surface area contributed by atoms with Crippen molar-refractivity contribution >= 4 is 41.1 Å². The van der Waals surface area contributed by atoms with Gasteiger partial charge in [-0.2, -0.15) is 0 Å². The number of nitrogens with zero attached hydrogens (tertiary/aromatic N) is 2. The van der Waals surface area contributed by atoms with Gasteiger partial charge in [-0.1, -0.05) is 23.7 Å². The Kier molecular flexibility index (Phi) is 9.01. The van der Waals surface area contributed by atoms with Gasteiger partial charge < -0.3 is 20.3 Å². The molecule has 2 aliphatic heterocycles. The quantitative estimate of drug-likeness (QED) is 0.495. The fourth-order valence-electron chi connectivity index (χ4n) is 4.72. The van der Waals surface area contributed by atoms with E-state index in [-0.39, 0.29) is 29.6 Å². The highest BCUT2D eigenvalue weighted by Crippen LogP contribution is 2.32. The lowest BCUT2D eigenvalue weighted by atomic mass is 10.1. The summed E-state index contributed by atoms with van der Waals surface area (Å²) in [5.41, 5.74) is 2.01. The van der Waals surface area contributed by atoms with Crippen LogP contribution in [0.15, 0.2) is 42.5 Å². The third-order valence-corrected chi connectivity index (χ3v) is 6.99. The maximum atomic E-state index is 13.2.